The zero-order valence-electron chi connectivity index (χ0n) is 15.9. The number of carbonyl (C=O) groups is 2. The van der Waals surface area contributed by atoms with Crippen LogP contribution in [0.3, 0.4) is 0 Å². The standard InChI is InChI=1S/C24H24N2O2/c1-18(20-12-6-3-7-13-20)25-24(28)21-14-8-9-15-22(21)26-23(27)17-16-19-10-4-2-5-11-19/h2-15,18H,16-17H2,1H3,(H,25,28)(H,26,27). The van der Waals surface area contributed by atoms with E-state index in [0.717, 1.165) is 11.1 Å². The van der Waals surface area contributed by atoms with Crippen molar-refractivity contribution in [1.82, 2.24) is 5.32 Å². The van der Waals surface area contributed by atoms with Gasteiger partial charge in [0.1, 0.15) is 0 Å². The first-order valence-corrected chi connectivity index (χ1v) is 9.42. The van der Waals surface area contributed by atoms with Crippen molar-refractivity contribution in [2.24, 2.45) is 0 Å². The van der Waals surface area contributed by atoms with Crippen LogP contribution in [0, 0.1) is 0 Å². The number of nitrogens with one attached hydrogen (secondary N) is 2. The van der Waals surface area contributed by atoms with E-state index in [4.69, 9.17) is 0 Å². The molecule has 0 fully saturated rings. The van der Waals surface area contributed by atoms with Gasteiger partial charge in [-0.15, -0.1) is 0 Å². The molecule has 2 N–H and O–H groups in total. The maximum atomic E-state index is 12.7. The van der Waals surface area contributed by atoms with E-state index in [1.807, 2.05) is 73.7 Å². The van der Waals surface area contributed by atoms with Gasteiger partial charge in [0, 0.05) is 6.42 Å². The lowest BCUT2D eigenvalue weighted by Crippen LogP contribution is -2.28. The van der Waals surface area contributed by atoms with Crippen LogP contribution in [0.15, 0.2) is 84.9 Å². The van der Waals surface area contributed by atoms with E-state index >= 15 is 0 Å². The summed E-state index contributed by atoms with van der Waals surface area (Å²) in [6.45, 7) is 1.94. The number of rotatable bonds is 7. The molecule has 142 valence electrons. The van der Waals surface area contributed by atoms with Crippen LogP contribution in [0.5, 0.6) is 0 Å². The fourth-order valence-electron chi connectivity index (χ4n) is 3.00. The molecule has 0 aliphatic rings. The van der Waals surface area contributed by atoms with Gasteiger partial charge in [-0.25, -0.2) is 0 Å². The highest BCUT2D eigenvalue weighted by Crippen LogP contribution is 2.18. The van der Waals surface area contributed by atoms with Gasteiger partial charge in [0.15, 0.2) is 0 Å². The minimum absolute atomic E-state index is 0.111. The van der Waals surface area contributed by atoms with Gasteiger partial charge in [0.05, 0.1) is 17.3 Å². The summed E-state index contributed by atoms with van der Waals surface area (Å²) in [6, 6.07) is 26.6. The lowest BCUT2D eigenvalue weighted by molar-refractivity contribution is -0.116. The molecule has 28 heavy (non-hydrogen) atoms. The molecular formula is C24H24N2O2. The van der Waals surface area contributed by atoms with Gasteiger partial charge in [0.25, 0.3) is 5.91 Å². The van der Waals surface area contributed by atoms with Crippen molar-refractivity contribution >= 4 is 17.5 Å². The minimum atomic E-state index is -0.213. The zero-order valence-corrected chi connectivity index (χ0v) is 15.9. The zero-order chi connectivity index (χ0) is 19.8. The van der Waals surface area contributed by atoms with E-state index < -0.39 is 0 Å². The van der Waals surface area contributed by atoms with Crippen LogP contribution in [-0.2, 0) is 11.2 Å². The third-order valence-electron chi connectivity index (χ3n) is 4.58. The summed E-state index contributed by atoms with van der Waals surface area (Å²) in [5, 5.41) is 5.87. The average Bonchev–Trinajstić information content (AvgIpc) is 2.74. The molecule has 1 unspecified atom stereocenters. The quantitative estimate of drug-likeness (QED) is 0.629. The van der Waals surface area contributed by atoms with Crippen molar-refractivity contribution < 1.29 is 9.59 Å². The molecule has 0 saturated carbocycles. The minimum Gasteiger partial charge on any atom is -0.345 e. The van der Waals surface area contributed by atoms with E-state index in [1.165, 1.54) is 0 Å². The predicted octanol–water partition coefficient (Wildman–Crippen LogP) is 4.75. The fourth-order valence-corrected chi connectivity index (χ4v) is 3.00. The normalized spacial score (nSPS) is 11.5. The maximum Gasteiger partial charge on any atom is 0.253 e. The van der Waals surface area contributed by atoms with Gasteiger partial charge in [-0.05, 0) is 36.6 Å². The lowest BCUT2D eigenvalue weighted by atomic mass is 10.1. The van der Waals surface area contributed by atoms with E-state index in [0.29, 0.717) is 24.1 Å². The topological polar surface area (TPSA) is 58.2 Å². The van der Waals surface area contributed by atoms with Crippen LogP contribution in [0.2, 0.25) is 0 Å². The lowest BCUT2D eigenvalue weighted by Gasteiger charge is -2.16. The molecule has 0 aromatic heterocycles. The first-order chi connectivity index (χ1) is 13.6. The highest BCUT2D eigenvalue weighted by atomic mass is 16.2. The van der Waals surface area contributed by atoms with Crippen LogP contribution < -0.4 is 10.6 Å². The summed E-state index contributed by atoms with van der Waals surface area (Å²) >= 11 is 0. The molecule has 0 bridgehead atoms. The second-order valence-corrected chi connectivity index (χ2v) is 6.69. The van der Waals surface area contributed by atoms with E-state index in [9.17, 15) is 9.59 Å². The van der Waals surface area contributed by atoms with E-state index in [1.54, 1.807) is 18.2 Å². The molecule has 3 rings (SSSR count). The summed E-state index contributed by atoms with van der Waals surface area (Å²) in [7, 11) is 0. The molecule has 0 saturated heterocycles. The predicted molar refractivity (Wildman–Crippen MR) is 112 cm³/mol. The SMILES string of the molecule is CC(NC(=O)c1ccccc1NC(=O)CCc1ccccc1)c1ccccc1. The summed E-state index contributed by atoms with van der Waals surface area (Å²) in [5.74, 6) is -0.324. The number of carbonyl (C=O) groups excluding carboxylic acids is 2. The summed E-state index contributed by atoms with van der Waals surface area (Å²) < 4.78 is 0. The van der Waals surface area contributed by atoms with Gasteiger partial charge >= 0.3 is 0 Å². The Morgan fingerprint density at radius 2 is 1.43 bits per heavy atom. The Labute approximate surface area is 165 Å². The highest BCUT2D eigenvalue weighted by molar-refractivity contribution is 6.03. The van der Waals surface area contributed by atoms with Gasteiger partial charge < -0.3 is 10.6 Å². The van der Waals surface area contributed by atoms with Crippen LogP contribution in [0.1, 0.15) is 40.9 Å². The van der Waals surface area contributed by atoms with Crippen molar-refractivity contribution in [3.05, 3.63) is 102 Å². The highest BCUT2D eigenvalue weighted by Gasteiger charge is 2.16. The summed E-state index contributed by atoms with van der Waals surface area (Å²) in [5.41, 5.74) is 3.12. The smallest absolute Gasteiger partial charge is 0.253 e. The number of hydrogen-bond donors (Lipinski definition) is 2. The van der Waals surface area contributed by atoms with Gasteiger partial charge in [-0.2, -0.15) is 0 Å². The Morgan fingerprint density at radius 1 is 0.821 bits per heavy atom. The monoisotopic (exact) mass is 372 g/mol. The van der Waals surface area contributed by atoms with E-state index in [-0.39, 0.29) is 17.9 Å². The molecule has 1 atom stereocenters. The van der Waals surface area contributed by atoms with Crippen molar-refractivity contribution in [1.29, 1.82) is 0 Å². The number of para-hydroxylation sites is 1. The Balaban J connectivity index is 1.63. The molecular weight excluding hydrogens is 348 g/mol. The van der Waals surface area contributed by atoms with Gasteiger partial charge in [0.2, 0.25) is 5.91 Å². The number of anilines is 1. The molecule has 3 aromatic carbocycles. The molecule has 0 aliphatic carbocycles. The number of benzene rings is 3. The molecule has 0 radical (unpaired) electrons. The molecule has 0 heterocycles. The molecule has 2 amide bonds. The maximum absolute atomic E-state index is 12.7. The van der Waals surface area contributed by atoms with Gasteiger partial charge in [-0.3, -0.25) is 9.59 Å². The average molecular weight is 372 g/mol. The molecule has 0 spiro atoms. The second kappa shape index (κ2) is 9.51. The van der Waals surface area contributed by atoms with Crippen LogP contribution in [0.25, 0.3) is 0 Å². The Kier molecular flexibility index (Phi) is 6.58. The van der Waals surface area contributed by atoms with Crippen molar-refractivity contribution in [2.45, 2.75) is 25.8 Å². The Morgan fingerprint density at radius 3 is 2.14 bits per heavy atom. The molecule has 4 heteroatoms. The van der Waals surface area contributed by atoms with Crippen molar-refractivity contribution in [3.63, 3.8) is 0 Å². The first kappa shape index (κ1) is 19.4. The Hall–Kier alpha value is -3.40. The summed E-state index contributed by atoms with van der Waals surface area (Å²) in [4.78, 5) is 25.1. The third kappa shape index (κ3) is 5.30. The summed E-state index contributed by atoms with van der Waals surface area (Å²) in [6.07, 6.45) is 1.02. The number of hydrogen-bond acceptors (Lipinski definition) is 2. The van der Waals surface area contributed by atoms with E-state index in [2.05, 4.69) is 10.6 Å². The second-order valence-electron chi connectivity index (χ2n) is 6.69. The van der Waals surface area contributed by atoms with Crippen LogP contribution >= 0.6 is 0 Å². The number of aryl methyl sites for hydroxylation is 1. The largest absolute Gasteiger partial charge is 0.345 e. The number of amides is 2. The first-order valence-electron chi connectivity index (χ1n) is 9.42. The third-order valence-corrected chi connectivity index (χ3v) is 4.58. The van der Waals surface area contributed by atoms with Crippen molar-refractivity contribution in [2.75, 3.05) is 5.32 Å². The molecule has 0 aliphatic heterocycles. The fraction of sp³-hybridized carbons (Fsp3) is 0.167. The van der Waals surface area contributed by atoms with Crippen molar-refractivity contribution in [3.8, 4) is 0 Å². The van der Waals surface area contributed by atoms with Crippen LogP contribution in [0.4, 0.5) is 5.69 Å². The Bertz CT molecular complexity index is 924. The molecule has 4 nitrogen and oxygen atoms in total. The van der Waals surface area contributed by atoms with Gasteiger partial charge in [-0.1, -0.05) is 72.8 Å². The van der Waals surface area contributed by atoms with Crippen LogP contribution in [-0.4, -0.2) is 11.8 Å². The molecule has 3 aromatic rings.